The minimum absolute atomic E-state index is 0.254. The van der Waals surface area contributed by atoms with Crippen molar-refractivity contribution < 1.29 is 4.79 Å². The van der Waals surface area contributed by atoms with E-state index in [2.05, 4.69) is 49.1 Å². The summed E-state index contributed by atoms with van der Waals surface area (Å²) < 4.78 is 1.67. The molecule has 1 saturated heterocycles. The van der Waals surface area contributed by atoms with E-state index in [1.807, 2.05) is 18.2 Å². The molecule has 8 nitrogen and oxygen atoms in total. The molecule has 0 saturated carbocycles. The summed E-state index contributed by atoms with van der Waals surface area (Å²) in [7, 11) is 2.13. The lowest BCUT2D eigenvalue weighted by Gasteiger charge is -2.32. The highest BCUT2D eigenvalue weighted by molar-refractivity contribution is 6.31. The molecule has 1 aliphatic rings. The molecule has 0 radical (unpaired) electrons. The second kappa shape index (κ2) is 10.2. The maximum Gasteiger partial charge on any atom is 0.255 e. The van der Waals surface area contributed by atoms with Crippen LogP contribution in [0.5, 0.6) is 0 Å². The highest BCUT2D eigenvalue weighted by atomic mass is 35.5. The number of nitrogens with one attached hydrogen (secondary N) is 1. The molecule has 1 amide bonds. The van der Waals surface area contributed by atoms with Gasteiger partial charge in [-0.1, -0.05) is 23.6 Å². The predicted molar refractivity (Wildman–Crippen MR) is 135 cm³/mol. The molecule has 0 spiro atoms. The van der Waals surface area contributed by atoms with Crippen molar-refractivity contribution in [2.75, 3.05) is 38.5 Å². The molecule has 1 aliphatic heterocycles. The Bertz CT molecular complexity index is 1430. The summed E-state index contributed by atoms with van der Waals surface area (Å²) in [5.41, 5.74) is 4.12. The lowest BCUT2D eigenvalue weighted by atomic mass is 10.1. The summed E-state index contributed by atoms with van der Waals surface area (Å²) in [6, 6.07) is 10.9. The van der Waals surface area contributed by atoms with E-state index >= 15 is 0 Å². The number of pyridine rings is 1. The van der Waals surface area contributed by atoms with Crippen molar-refractivity contribution in [3.8, 4) is 11.8 Å². The zero-order valence-electron chi connectivity index (χ0n) is 19.3. The summed E-state index contributed by atoms with van der Waals surface area (Å²) in [5, 5.41) is 7.73. The van der Waals surface area contributed by atoms with Gasteiger partial charge in [0.15, 0.2) is 5.65 Å². The standard InChI is InChI=1S/C26H24ClN7O/c1-32-9-11-33(12-10-32)18-21-6-5-20(14-24(21)27)26(35)31-22-13-19(15-28-16-22)4-7-23-17-29-25-3-2-8-30-34(23)25/h2-3,5-6,8,13-17H,9-12,18H2,1H3,(H,31,35). The lowest BCUT2D eigenvalue weighted by Crippen LogP contribution is -2.43. The number of carbonyl (C=O) groups is 1. The summed E-state index contributed by atoms with van der Waals surface area (Å²) >= 11 is 6.52. The molecule has 4 aromatic rings. The number of carbonyl (C=O) groups excluding carboxylic acids is 1. The molecular formula is C26H24ClN7O. The number of hydrogen-bond donors (Lipinski definition) is 1. The van der Waals surface area contributed by atoms with E-state index < -0.39 is 0 Å². The van der Waals surface area contributed by atoms with E-state index in [0.29, 0.717) is 27.5 Å². The van der Waals surface area contributed by atoms with Crippen LogP contribution < -0.4 is 5.32 Å². The Hall–Kier alpha value is -3.77. The Morgan fingerprint density at radius 1 is 1.09 bits per heavy atom. The topological polar surface area (TPSA) is 78.7 Å². The Labute approximate surface area is 208 Å². The van der Waals surface area contributed by atoms with Crippen molar-refractivity contribution in [3.05, 3.63) is 88.6 Å². The number of nitrogens with zero attached hydrogens (tertiary/aromatic N) is 6. The molecule has 0 atom stereocenters. The van der Waals surface area contributed by atoms with Gasteiger partial charge in [-0.05, 0) is 48.9 Å². The quantitative estimate of drug-likeness (QED) is 0.447. The fourth-order valence-electron chi connectivity index (χ4n) is 3.89. The minimum atomic E-state index is -0.254. The predicted octanol–water partition coefficient (Wildman–Crippen LogP) is 3.18. The maximum atomic E-state index is 12.8. The Morgan fingerprint density at radius 2 is 1.94 bits per heavy atom. The van der Waals surface area contributed by atoms with Crippen molar-refractivity contribution in [2.24, 2.45) is 0 Å². The van der Waals surface area contributed by atoms with Crippen LogP contribution >= 0.6 is 11.6 Å². The van der Waals surface area contributed by atoms with Gasteiger partial charge in [0.2, 0.25) is 0 Å². The third-order valence-corrected chi connectivity index (χ3v) is 6.27. The number of anilines is 1. The number of piperazine rings is 1. The molecule has 0 unspecified atom stereocenters. The largest absolute Gasteiger partial charge is 0.321 e. The Morgan fingerprint density at radius 3 is 2.77 bits per heavy atom. The molecule has 0 bridgehead atoms. The highest BCUT2D eigenvalue weighted by Gasteiger charge is 2.16. The first-order valence-corrected chi connectivity index (χ1v) is 11.7. The Balaban J connectivity index is 1.26. The van der Waals surface area contributed by atoms with Gasteiger partial charge in [-0.3, -0.25) is 14.7 Å². The summed E-state index contributed by atoms with van der Waals surface area (Å²) in [6.07, 6.45) is 6.58. The first kappa shape index (κ1) is 23.0. The van der Waals surface area contributed by atoms with Crippen LogP contribution in [0.25, 0.3) is 5.65 Å². The lowest BCUT2D eigenvalue weighted by molar-refractivity contribution is 0.102. The summed E-state index contributed by atoms with van der Waals surface area (Å²) in [6.45, 7) is 4.89. The molecule has 1 N–H and O–H groups in total. The molecule has 9 heteroatoms. The third-order valence-electron chi connectivity index (χ3n) is 5.91. The van der Waals surface area contributed by atoms with E-state index in [0.717, 1.165) is 43.9 Å². The molecule has 35 heavy (non-hydrogen) atoms. The third kappa shape index (κ3) is 5.49. The van der Waals surface area contributed by atoms with Crippen LogP contribution in [-0.4, -0.2) is 68.5 Å². The molecule has 4 heterocycles. The first-order valence-electron chi connectivity index (χ1n) is 11.3. The van der Waals surface area contributed by atoms with E-state index in [1.54, 1.807) is 47.5 Å². The number of aromatic nitrogens is 4. The van der Waals surface area contributed by atoms with Gasteiger partial charge in [-0.2, -0.15) is 5.10 Å². The number of amides is 1. The van der Waals surface area contributed by atoms with Gasteiger partial charge in [-0.15, -0.1) is 0 Å². The normalized spacial score (nSPS) is 14.5. The first-order chi connectivity index (χ1) is 17.0. The van der Waals surface area contributed by atoms with E-state index in [4.69, 9.17) is 11.6 Å². The second-order valence-electron chi connectivity index (χ2n) is 8.49. The van der Waals surface area contributed by atoms with Gasteiger partial charge >= 0.3 is 0 Å². The van der Waals surface area contributed by atoms with Crippen LogP contribution in [-0.2, 0) is 6.54 Å². The van der Waals surface area contributed by atoms with Crippen molar-refractivity contribution >= 4 is 28.8 Å². The van der Waals surface area contributed by atoms with Gasteiger partial charge in [0.1, 0.15) is 5.69 Å². The molecule has 176 valence electrons. The molecular weight excluding hydrogens is 462 g/mol. The zero-order valence-corrected chi connectivity index (χ0v) is 20.0. The average molecular weight is 486 g/mol. The van der Waals surface area contributed by atoms with Gasteiger partial charge in [0.25, 0.3) is 5.91 Å². The van der Waals surface area contributed by atoms with Crippen LogP contribution in [0, 0.1) is 11.8 Å². The molecule has 3 aromatic heterocycles. The average Bonchev–Trinajstić information content (AvgIpc) is 3.28. The number of benzene rings is 1. The van der Waals surface area contributed by atoms with Crippen LogP contribution in [0.3, 0.4) is 0 Å². The van der Waals surface area contributed by atoms with Gasteiger partial charge in [-0.25, -0.2) is 9.50 Å². The second-order valence-corrected chi connectivity index (χ2v) is 8.90. The number of likely N-dealkylation sites (N-methyl/N-ethyl adjacent to an activating group) is 1. The number of imidazole rings is 1. The molecule has 1 fully saturated rings. The molecule has 0 aliphatic carbocycles. The number of hydrogen-bond acceptors (Lipinski definition) is 6. The molecule has 5 rings (SSSR count). The van der Waals surface area contributed by atoms with Crippen molar-refractivity contribution in [1.29, 1.82) is 0 Å². The SMILES string of the molecule is CN1CCN(Cc2ccc(C(=O)Nc3cncc(C#Cc4cnc5cccnn45)c3)cc2Cl)CC1. The summed E-state index contributed by atoms with van der Waals surface area (Å²) in [4.78, 5) is 26.0. The van der Waals surface area contributed by atoms with Crippen molar-refractivity contribution in [2.45, 2.75) is 6.54 Å². The van der Waals surface area contributed by atoms with Crippen LogP contribution in [0.4, 0.5) is 5.69 Å². The van der Waals surface area contributed by atoms with Crippen molar-refractivity contribution in [3.63, 3.8) is 0 Å². The van der Waals surface area contributed by atoms with Gasteiger partial charge < -0.3 is 10.2 Å². The van der Waals surface area contributed by atoms with Gasteiger partial charge in [0, 0.05) is 61.3 Å². The monoisotopic (exact) mass is 485 g/mol. The maximum absolute atomic E-state index is 12.8. The van der Waals surface area contributed by atoms with Crippen LogP contribution in [0.2, 0.25) is 5.02 Å². The number of fused-ring (bicyclic) bond motifs is 1. The molecule has 1 aromatic carbocycles. The van der Waals surface area contributed by atoms with Crippen molar-refractivity contribution in [1.82, 2.24) is 29.4 Å². The number of halogens is 1. The fourth-order valence-corrected chi connectivity index (χ4v) is 4.13. The Kier molecular flexibility index (Phi) is 6.73. The van der Waals surface area contributed by atoms with E-state index in [9.17, 15) is 4.79 Å². The van der Waals surface area contributed by atoms with Gasteiger partial charge in [0.05, 0.1) is 18.1 Å². The zero-order chi connectivity index (χ0) is 24.2. The highest BCUT2D eigenvalue weighted by Crippen LogP contribution is 2.21. The summed E-state index contributed by atoms with van der Waals surface area (Å²) in [5.74, 6) is 5.86. The van der Waals surface area contributed by atoms with Crippen LogP contribution in [0.15, 0.2) is 61.2 Å². The number of rotatable bonds is 4. The smallest absolute Gasteiger partial charge is 0.255 e. The van der Waals surface area contributed by atoms with E-state index in [-0.39, 0.29) is 5.91 Å². The minimum Gasteiger partial charge on any atom is -0.321 e. The fraction of sp³-hybridized carbons (Fsp3) is 0.231. The van der Waals surface area contributed by atoms with Crippen LogP contribution in [0.1, 0.15) is 27.2 Å². The van der Waals surface area contributed by atoms with E-state index in [1.165, 1.54) is 0 Å².